The summed E-state index contributed by atoms with van der Waals surface area (Å²) < 4.78 is 13.5. The molecular weight excluding hydrogens is 213 g/mol. The number of hydrogen-bond donors (Lipinski definition) is 0. The highest BCUT2D eigenvalue weighted by Gasteiger charge is 2.09. The molecule has 0 atom stereocenters. The van der Waals surface area contributed by atoms with Gasteiger partial charge >= 0.3 is 0 Å². The highest BCUT2D eigenvalue weighted by Crippen LogP contribution is 2.22. The van der Waals surface area contributed by atoms with Crippen molar-refractivity contribution < 1.29 is 3.89 Å². The summed E-state index contributed by atoms with van der Waals surface area (Å²) >= 11 is 5.74. The van der Waals surface area contributed by atoms with E-state index in [9.17, 15) is 3.89 Å². The number of halogens is 2. The average molecular weight is 218 g/mol. The monoisotopic (exact) mass is 217 g/mol. The van der Waals surface area contributed by atoms with Crippen molar-refractivity contribution in [3.05, 3.63) is 23.0 Å². The first kappa shape index (κ1) is 8.77. The lowest BCUT2D eigenvalue weighted by molar-refractivity contribution is 0.881. The van der Waals surface area contributed by atoms with Crippen molar-refractivity contribution in [2.45, 2.75) is 6.92 Å². The molecule has 2 aromatic rings. The zero-order chi connectivity index (χ0) is 9.42. The molecule has 0 saturated heterocycles. The van der Waals surface area contributed by atoms with Crippen LogP contribution in [0.4, 0.5) is 3.89 Å². The normalized spacial score (nSPS) is 11.0. The number of hydrogen-bond acceptors (Lipinski definition) is 3. The Labute approximate surface area is 83.3 Å². The van der Waals surface area contributed by atoms with E-state index in [4.69, 9.17) is 11.6 Å². The summed E-state index contributed by atoms with van der Waals surface area (Å²) in [5.74, 6) is 0. The summed E-state index contributed by atoms with van der Waals surface area (Å²) in [5.41, 5.74) is 1.94. The second-order valence-corrected chi connectivity index (χ2v) is 3.40. The maximum atomic E-state index is 12.3. The zero-order valence-electron chi connectivity index (χ0n) is 6.66. The minimum absolute atomic E-state index is 0.0474. The lowest BCUT2D eigenvalue weighted by Crippen LogP contribution is -1.84. The Morgan fingerprint density at radius 1 is 1.54 bits per heavy atom. The first-order valence-electron chi connectivity index (χ1n) is 3.53. The van der Waals surface area contributed by atoms with Crippen molar-refractivity contribution in [2.24, 2.45) is 0 Å². The van der Waals surface area contributed by atoms with E-state index in [1.165, 1.54) is 4.09 Å². The molecule has 0 aliphatic carbocycles. The predicted octanol–water partition coefficient (Wildman–Crippen LogP) is 2.77. The van der Waals surface area contributed by atoms with Gasteiger partial charge in [0.25, 0.3) is 0 Å². The van der Waals surface area contributed by atoms with Gasteiger partial charge in [0.1, 0.15) is 16.2 Å². The van der Waals surface area contributed by atoms with Crippen LogP contribution in [0.5, 0.6) is 0 Å². The molecule has 2 heterocycles. The summed E-state index contributed by atoms with van der Waals surface area (Å²) in [6.07, 6.45) is 0. The third-order valence-corrected chi connectivity index (χ3v) is 2.31. The van der Waals surface area contributed by atoms with Gasteiger partial charge in [-0.15, -0.1) is 3.89 Å². The Bertz CT molecular complexity index is 456. The van der Waals surface area contributed by atoms with Gasteiger partial charge in [-0.1, -0.05) is 11.6 Å². The summed E-state index contributed by atoms with van der Waals surface area (Å²) in [6, 6.07) is 3.30. The van der Waals surface area contributed by atoms with Crippen LogP contribution in [0.1, 0.15) is 5.69 Å². The summed E-state index contributed by atoms with van der Waals surface area (Å²) in [6.45, 7) is 1.76. The molecule has 68 valence electrons. The molecule has 0 spiro atoms. The molecule has 0 saturated carbocycles. The maximum Gasteiger partial charge on any atom is 0.188 e. The first-order chi connectivity index (χ1) is 6.22. The van der Waals surface area contributed by atoms with Crippen LogP contribution in [0.2, 0.25) is 5.15 Å². The maximum absolute atomic E-state index is 12.3. The van der Waals surface area contributed by atoms with Crippen LogP contribution in [0.25, 0.3) is 11.0 Å². The predicted molar refractivity (Wildman–Crippen MR) is 51.4 cm³/mol. The summed E-state index contributed by atoms with van der Waals surface area (Å²) in [4.78, 5) is 4.05. The molecule has 3 nitrogen and oxygen atoms in total. The van der Waals surface area contributed by atoms with Crippen LogP contribution in [-0.4, -0.2) is 14.2 Å². The van der Waals surface area contributed by atoms with Crippen molar-refractivity contribution in [3.8, 4) is 0 Å². The highest BCUT2D eigenvalue weighted by molar-refractivity contribution is 7.92. The lowest BCUT2D eigenvalue weighted by Gasteiger charge is -1.92. The van der Waals surface area contributed by atoms with E-state index >= 15 is 0 Å². The van der Waals surface area contributed by atoms with Gasteiger partial charge in [0.05, 0.1) is 5.69 Å². The third kappa shape index (κ3) is 1.38. The fraction of sp³-hybridized carbons (Fsp3) is 0.143. The van der Waals surface area contributed by atoms with E-state index < -0.39 is 0 Å². The van der Waals surface area contributed by atoms with E-state index in [1.807, 2.05) is 0 Å². The smallest absolute Gasteiger partial charge is 0.188 e. The molecule has 0 aliphatic heterocycles. The number of pyridine rings is 1. The second kappa shape index (κ2) is 3.16. The molecule has 0 unspecified atom stereocenters. The van der Waals surface area contributed by atoms with E-state index in [1.54, 1.807) is 19.1 Å². The molecule has 0 N–H and O–H groups in total. The van der Waals surface area contributed by atoms with Crippen LogP contribution < -0.4 is 0 Å². The van der Waals surface area contributed by atoms with Crippen LogP contribution in [-0.2, 0) is 0 Å². The Morgan fingerprint density at radius 2 is 2.31 bits per heavy atom. The molecule has 0 amide bonds. The molecule has 2 aromatic heterocycles. The number of rotatable bonds is 1. The molecule has 2 rings (SSSR count). The van der Waals surface area contributed by atoms with Crippen molar-refractivity contribution in [2.75, 3.05) is 0 Å². The number of nitrogens with zero attached hydrogens (tertiary/aromatic N) is 3. The Balaban J connectivity index is 2.80. The van der Waals surface area contributed by atoms with Crippen molar-refractivity contribution in [3.63, 3.8) is 0 Å². The van der Waals surface area contributed by atoms with Crippen molar-refractivity contribution >= 4 is 35.0 Å². The minimum atomic E-state index is 0.0474. The lowest BCUT2D eigenvalue weighted by atomic mass is 10.3. The largest absolute Gasteiger partial charge is 0.232 e. The van der Waals surface area contributed by atoms with Crippen molar-refractivity contribution in [1.82, 2.24) is 14.2 Å². The molecule has 0 radical (unpaired) electrons. The van der Waals surface area contributed by atoms with Crippen molar-refractivity contribution in [1.29, 1.82) is 0 Å². The van der Waals surface area contributed by atoms with Gasteiger partial charge in [-0.2, -0.15) is 9.19 Å². The van der Waals surface area contributed by atoms with Crippen LogP contribution in [0, 0.1) is 6.92 Å². The molecule has 13 heavy (non-hydrogen) atoms. The van der Waals surface area contributed by atoms with Crippen LogP contribution in [0.3, 0.4) is 0 Å². The zero-order valence-corrected chi connectivity index (χ0v) is 8.23. The van der Waals surface area contributed by atoms with Gasteiger partial charge in [-0.05, 0) is 19.1 Å². The Morgan fingerprint density at radius 3 is 3.00 bits per heavy atom. The van der Waals surface area contributed by atoms with E-state index in [0.717, 1.165) is 0 Å². The third-order valence-electron chi connectivity index (χ3n) is 1.69. The highest BCUT2D eigenvalue weighted by atomic mass is 35.5. The number of fused-ring (bicyclic) bond motifs is 1. The van der Waals surface area contributed by atoms with E-state index in [-0.39, 0.29) is 12.3 Å². The molecule has 0 aliphatic rings. The van der Waals surface area contributed by atoms with Gasteiger partial charge in [0.2, 0.25) is 0 Å². The first-order valence-corrected chi connectivity index (χ1v) is 4.58. The summed E-state index contributed by atoms with van der Waals surface area (Å²) in [5, 5.41) is 4.32. The van der Waals surface area contributed by atoms with Gasteiger partial charge < -0.3 is 0 Å². The molecular formula is C7H5ClFN3S. The van der Waals surface area contributed by atoms with Crippen LogP contribution >= 0.6 is 23.9 Å². The molecule has 0 fully saturated rings. The van der Waals surface area contributed by atoms with Gasteiger partial charge in [0.15, 0.2) is 12.3 Å². The quantitative estimate of drug-likeness (QED) is 0.689. The number of aromatic nitrogens is 3. The van der Waals surface area contributed by atoms with Gasteiger partial charge in [0, 0.05) is 0 Å². The summed E-state index contributed by atoms with van der Waals surface area (Å²) in [7, 11) is 0. The van der Waals surface area contributed by atoms with E-state index in [2.05, 4.69) is 10.1 Å². The average Bonchev–Trinajstić information content (AvgIpc) is 2.43. The SMILES string of the molecule is Cc1nn(SF)c2ccc(Cl)nc12. The van der Waals surface area contributed by atoms with Gasteiger partial charge in [-0.3, -0.25) is 0 Å². The Hall–Kier alpha value is -0.810. The number of aryl methyl sites for hydroxylation is 1. The molecule has 0 bridgehead atoms. The standard InChI is InChI=1S/C7H5ClFN3S/c1-4-7-5(12(11-4)13-9)2-3-6(8)10-7/h2-3H,1H3. The second-order valence-electron chi connectivity index (χ2n) is 2.53. The Kier molecular flexibility index (Phi) is 2.13. The fourth-order valence-corrected chi connectivity index (χ4v) is 1.66. The minimum Gasteiger partial charge on any atom is -0.232 e. The van der Waals surface area contributed by atoms with Crippen LogP contribution in [0.15, 0.2) is 12.1 Å². The topological polar surface area (TPSA) is 30.7 Å². The van der Waals surface area contributed by atoms with E-state index in [0.29, 0.717) is 21.9 Å². The molecule has 0 aromatic carbocycles. The fourth-order valence-electron chi connectivity index (χ4n) is 1.14. The molecule has 6 heteroatoms. The van der Waals surface area contributed by atoms with Gasteiger partial charge in [-0.25, -0.2) is 4.98 Å².